The summed E-state index contributed by atoms with van der Waals surface area (Å²) in [6.45, 7) is 1.63. The van der Waals surface area contributed by atoms with Crippen molar-refractivity contribution in [3.8, 4) is 11.5 Å². The molecule has 0 saturated heterocycles. The lowest BCUT2D eigenvalue weighted by molar-refractivity contribution is -0.123. The molecule has 30 heavy (non-hydrogen) atoms. The average Bonchev–Trinajstić information content (AvgIpc) is 3.20. The number of methoxy groups -OCH3 is 1. The van der Waals surface area contributed by atoms with Crippen LogP contribution in [-0.4, -0.2) is 42.6 Å². The molecule has 4 rings (SSSR count). The highest BCUT2D eigenvalue weighted by molar-refractivity contribution is 5.77. The second kappa shape index (κ2) is 9.45. The number of hydrogen-bond donors (Lipinski definition) is 1. The van der Waals surface area contributed by atoms with Gasteiger partial charge in [-0.1, -0.05) is 30.3 Å². The molecule has 1 aromatic heterocycles. The smallest absolute Gasteiger partial charge is 0.258 e. The van der Waals surface area contributed by atoms with Gasteiger partial charge in [0.2, 0.25) is 0 Å². The Bertz CT molecular complexity index is 970. The van der Waals surface area contributed by atoms with Crippen LogP contribution in [0.1, 0.15) is 22.9 Å². The summed E-state index contributed by atoms with van der Waals surface area (Å²) in [4.78, 5) is 12.2. The van der Waals surface area contributed by atoms with Crippen LogP contribution >= 0.6 is 0 Å². The van der Waals surface area contributed by atoms with Crippen LogP contribution in [-0.2, 0) is 22.5 Å². The largest absolute Gasteiger partial charge is 0.497 e. The lowest BCUT2D eigenvalue weighted by Gasteiger charge is -2.22. The van der Waals surface area contributed by atoms with Gasteiger partial charge < -0.3 is 19.5 Å². The molecule has 0 saturated carbocycles. The maximum absolute atomic E-state index is 12.2. The van der Waals surface area contributed by atoms with Gasteiger partial charge in [-0.05, 0) is 41.8 Å². The molecule has 1 aliphatic rings. The summed E-state index contributed by atoms with van der Waals surface area (Å²) in [6.07, 6.45) is 2.65. The minimum Gasteiger partial charge on any atom is -0.497 e. The minimum absolute atomic E-state index is 0.0612. The highest BCUT2D eigenvalue weighted by atomic mass is 16.5. The van der Waals surface area contributed by atoms with Crippen LogP contribution in [0.15, 0.2) is 60.8 Å². The molecule has 1 atom stereocenters. The Morgan fingerprint density at radius 3 is 2.70 bits per heavy atom. The van der Waals surface area contributed by atoms with Crippen molar-refractivity contribution in [1.82, 2.24) is 15.1 Å². The van der Waals surface area contributed by atoms with E-state index in [1.54, 1.807) is 31.4 Å². The van der Waals surface area contributed by atoms with Crippen LogP contribution in [0.3, 0.4) is 0 Å². The molecule has 2 heterocycles. The zero-order chi connectivity index (χ0) is 20.8. The topological polar surface area (TPSA) is 74.6 Å². The van der Waals surface area contributed by atoms with E-state index in [2.05, 4.69) is 23.6 Å². The van der Waals surface area contributed by atoms with E-state index in [9.17, 15) is 4.79 Å². The first-order valence-corrected chi connectivity index (χ1v) is 9.96. The Balaban J connectivity index is 1.30. The first kappa shape index (κ1) is 20.0. The SMILES string of the molecule is COc1ccc(OCC(=O)NC[C@@H]2OCCc3cn(Cc4ccccc4)nc32)cc1. The van der Waals surface area contributed by atoms with Gasteiger partial charge in [-0.2, -0.15) is 5.10 Å². The number of carbonyl (C=O) groups excluding carboxylic acids is 1. The molecule has 7 nitrogen and oxygen atoms in total. The summed E-state index contributed by atoms with van der Waals surface area (Å²) in [5, 5.41) is 7.59. The van der Waals surface area contributed by atoms with Gasteiger partial charge >= 0.3 is 0 Å². The number of ether oxygens (including phenoxy) is 3. The lowest BCUT2D eigenvalue weighted by Crippen LogP contribution is -2.34. The highest BCUT2D eigenvalue weighted by Crippen LogP contribution is 2.25. The molecule has 2 aromatic carbocycles. The number of fused-ring (bicyclic) bond motifs is 1. The Hall–Kier alpha value is -3.32. The molecule has 0 bridgehead atoms. The molecule has 1 aliphatic heterocycles. The van der Waals surface area contributed by atoms with E-state index < -0.39 is 0 Å². The second-order valence-corrected chi connectivity index (χ2v) is 7.10. The molecule has 1 N–H and O–H groups in total. The van der Waals surface area contributed by atoms with Crippen molar-refractivity contribution in [2.75, 3.05) is 26.9 Å². The van der Waals surface area contributed by atoms with Gasteiger partial charge in [0.05, 0.1) is 26.0 Å². The number of nitrogens with zero attached hydrogens (tertiary/aromatic N) is 2. The molecule has 1 amide bonds. The van der Waals surface area contributed by atoms with Gasteiger partial charge in [0.15, 0.2) is 6.61 Å². The van der Waals surface area contributed by atoms with Gasteiger partial charge in [0.25, 0.3) is 5.91 Å². The highest BCUT2D eigenvalue weighted by Gasteiger charge is 2.25. The third-order valence-corrected chi connectivity index (χ3v) is 4.97. The summed E-state index contributed by atoms with van der Waals surface area (Å²) >= 11 is 0. The number of rotatable bonds is 8. The third kappa shape index (κ3) is 4.99. The van der Waals surface area contributed by atoms with E-state index in [1.165, 1.54) is 11.1 Å². The van der Waals surface area contributed by atoms with Crippen molar-refractivity contribution < 1.29 is 19.0 Å². The zero-order valence-corrected chi connectivity index (χ0v) is 16.9. The van der Waals surface area contributed by atoms with Crippen LogP contribution in [0.25, 0.3) is 0 Å². The van der Waals surface area contributed by atoms with Crippen molar-refractivity contribution in [2.24, 2.45) is 0 Å². The lowest BCUT2D eigenvalue weighted by atomic mass is 10.1. The quantitative estimate of drug-likeness (QED) is 0.622. The van der Waals surface area contributed by atoms with Crippen molar-refractivity contribution >= 4 is 5.91 Å². The number of amides is 1. The first-order chi connectivity index (χ1) is 14.7. The Morgan fingerprint density at radius 1 is 1.17 bits per heavy atom. The molecule has 0 fully saturated rings. The Labute approximate surface area is 175 Å². The van der Waals surface area contributed by atoms with Gasteiger partial charge in [-0.3, -0.25) is 9.48 Å². The third-order valence-electron chi connectivity index (χ3n) is 4.97. The average molecular weight is 407 g/mol. The summed E-state index contributed by atoms with van der Waals surface area (Å²) in [6, 6.07) is 17.3. The second-order valence-electron chi connectivity index (χ2n) is 7.10. The molecule has 156 valence electrons. The van der Waals surface area contributed by atoms with E-state index in [-0.39, 0.29) is 18.6 Å². The Morgan fingerprint density at radius 2 is 1.93 bits per heavy atom. The molecule has 0 radical (unpaired) electrons. The summed E-state index contributed by atoms with van der Waals surface area (Å²) in [7, 11) is 1.60. The summed E-state index contributed by atoms with van der Waals surface area (Å²) in [5.41, 5.74) is 3.26. The number of carbonyl (C=O) groups is 1. The van der Waals surface area contributed by atoms with Gasteiger partial charge in [-0.15, -0.1) is 0 Å². The van der Waals surface area contributed by atoms with Gasteiger partial charge in [-0.25, -0.2) is 0 Å². The normalized spacial score (nSPS) is 15.3. The van der Waals surface area contributed by atoms with Gasteiger partial charge in [0.1, 0.15) is 17.6 Å². The predicted molar refractivity (Wildman–Crippen MR) is 112 cm³/mol. The van der Waals surface area contributed by atoms with Gasteiger partial charge in [0, 0.05) is 12.7 Å². The number of aromatic nitrogens is 2. The van der Waals surface area contributed by atoms with Crippen molar-refractivity contribution in [2.45, 2.75) is 19.1 Å². The van der Waals surface area contributed by atoms with E-state index in [0.29, 0.717) is 25.4 Å². The summed E-state index contributed by atoms with van der Waals surface area (Å²) in [5.74, 6) is 1.15. The molecule has 0 spiro atoms. The van der Waals surface area contributed by atoms with Crippen LogP contribution in [0, 0.1) is 0 Å². The monoisotopic (exact) mass is 407 g/mol. The molecular formula is C23H25N3O4. The molecule has 0 aliphatic carbocycles. The maximum Gasteiger partial charge on any atom is 0.258 e. The van der Waals surface area contributed by atoms with Crippen LogP contribution in [0.4, 0.5) is 0 Å². The fourth-order valence-electron chi connectivity index (χ4n) is 3.42. The zero-order valence-electron chi connectivity index (χ0n) is 16.9. The number of nitrogens with one attached hydrogen (secondary N) is 1. The van der Waals surface area contributed by atoms with Crippen LogP contribution in [0.2, 0.25) is 0 Å². The van der Waals surface area contributed by atoms with Crippen molar-refractivity contribution in [3.63, 3.8) is 0 Å². The summed E-state index contributed by atoms with van der Waals surface area (Å²) < 4.78 is 18.4. The van der Waals surface area contributed by atoms with Crippen LogP contribution in [0.5, 0.6) is 11.5 Å². The van der Waals surface area contributed by atoms with E-state index in [1.807, 2.05) is 22.9 Å². The van der Waals surface area contributed by atoms with Crippen molar-refractivity contribution in [1.29, 1.82) is 0 Å². The number of benzene rings is 2. The fourth-order valence-corrected chi connectivity index (χ4v) is 3.42. The molecule has 7 heteroatoms. The standard InChI is InChI=1S/C23H25N3O4/c1-28-19-7-9-20(10-8-19)30-16-22(27)24-13-21-23-18(11-12-29-21)15-26(25-23)14-17-5-3-2-4-6-17/h2-10,15,21H,11-14,16H2,1H3,(H,24,27)/t21-/m0/s1. The minimum atomic E-state index is -0.254. The predicted octanol–water partition coefficient (Wildman–Crippen LogP) is 2.75. The Kier molecular flexibility index (Phi) is 6.29. The van der Waals surface area contributed by atoms with E-state index >= 15 is 0 Å². The first-order valence-electron chi connectivity index (χ1n) is 9.96. The molecular weight excluding hydrogens is 382 g/mol. The molecule has 3 aromatic rings. The van der Waals surface area contributed by atoms with E-state index in [4.69, 9.17) is 19.3 Å². The number of hydrogen-bond acceptors (Lipinski definition) is 5. The van der Waals surface area contributed by atoms with Crippen LogP contribution < -0.4 is 14.8 Å². The van der Waals surface area contributed by atoms with E-state index in [0.717, 1.165) is 17.9 Å². The van der Waals surface area contributed by atoms with Crippen molar-refractivity contribution in [3.05, 3.63) is 77.6 Å². The maximum atomic E-state index is 12.2. The fraction of sp³-hybridized carbons (Fsp3) is 0.304. The molecule has 0 unspecified atom stereocenters.